The third kappa shape index (κ3) is 3.40. The van der Waals surface area contributed by atoms with Gasteiger partial charge in [0.25, 0.3) is 0 Å². The lowest BCUT2D eigenvalue weighted by Crippen LogP contribution is -2.51. The van der Waals surface area contributed by atoms with Crippen LogP contribution in [0.3, 0.4) is 0 Å². The lowest BCUT2D eigenvalue weighted by molar-refractivity contribution is -0.129. The Hall–Kier alpha value is -0.650. The molecule has 1 aliphatic carbocycles. The molecule has 0 aromatic rings. The Morgan fingerprint density at radius 1 is 1.35 bits per heavy atom. The van der Waals surface area contributed by atoms with Crippen LogP contribution in [0.4, 0.5) is 0 Å². The molecule has 5 heteroatoms. The van der Waals surface area contributed by atoms with Crippen LogP contribution in [0.2, 0.25) is 0 Å². The van der Waals surface area contributed by atoms with E-state index in [2.05, 4.69) is 5.32 Å². The van der Waals surface area contributed by atoms with Crippen LogP contribution in [0.15, 0.2) is 0 Å². The second-order valence-electron chi connectivity index (χ2n) is 5.02. The number of rotatable bonds is 5. The largest absolute Gasteiger partial charge is 0.394 e. The summed E-state index contributed by atoms with van der Waals surface area (Å²) in [6.07, 6.45) is 4.45. The van der Waals surface area contributed by atoms with Crippen LogP contribution in [-0.4, -0.2) is 42.4 Å². The van der Waals surface area contributed by atoms with E-state index < -0.39 is 0 Å². The average Bonchev–Trinajstić information content (AvgIpc) is 3.15. The van der Waals surface area contributed by atoms with Gasteiger partial charge in [0.2, 0.25) is 5.91 Å². The van der Waals surface area contributed by atoms with E-state index in [1.165, 1.54) is 0 Å². The number of aliphatic hydroxyl groups is 1. The Kier molecular flexibility index (Phi) is 4.36. The van der Waals surface area contributed by atoms with Gasteiger partial charge >= 0.3 is 0 Å². The molecule has 2 rings (SSSR count). The number of nitrogens with one attached hydrogen (secondary N) is 1. The first-order chi connectivity index (χ1) is 8.24. The fourth-order valence-corrected chi connectivity index (χ4v) is 2.34. The van der Waals surface area contributed by atoms with Crippen molar-refractivity contribution < 1.29 is 14.6 Å². The SMILES string of the molecule is NCC[C@@H]1CC[C@@H](NC(=O)C2CC2)[C@@H](CO)O1. The van der Waals surface area contributed by atoms with Crippen LogP contribution in [0, 0.1) is 5.92 Å². The van der Waals surface area contributed by atoms with Gasteiger partial charge in [-0.3, -0.25) is 4.79 Å². The second kappa shape index (κ2) is 5.80. The molecule has 4 N–H and O–H groups in total. The zero-order valence-electron chi connectivity index (χ0n) is 10.1. The maximum atomic E-state index is 11.7. The van der Waals surface area contributed by atoms with Gasteiger partial charge in [0.15, 0.2) is 0 Å². The topological polar surface area (TPSA) is 84.6 Å². The highest BCUT2D eigenvalue weighted by Crippen LogP contribution is 2.30. The predicted molar refractivity (Wildman–Crippen MR) is 63.3 cm³/mol. The Morgan fingerprint density at radius 2 is 2.12 bits per heavy atom. The van der Waals surface area contributed by atoms with Crippen molar-refractivity contribution in [3.05, 3.63) is 0 Å². The monoisotopic (exact) mass is 242 g/mol. The first-order valence-corrected chi connectivity index (χ1v) is 6.51. The molecule has 2 fully saturated rings. The van der Waals surface area contributed by atoms with Gasteiger partial charge in [0.05, 0.1) is 18.8 Å². The summed E-state index contributed by atoms with van der Waals surface area (Å²) >= 11 is 0. The van der Waals surface area contributed by atoms with Gasteiger partial charge in [-0.05, 0) is 38.6 Å². The van der Waals surface area contributed by atoms with E-state index in [9.17, 15) is 9.90 Å². The molecule has 5 nitrogen and oxygen atoms in total. The van der Waals surface area contributed by atoms with Crippen molar-refractivity contribution in [1.29, 1.82) is 0 Å². The number of ether oxygens (including phenoxy) is 1. The van der Waals surface area contributed by atoms with E-state index in [4.69, 9.17) is 10.5 Å². The Bertz CT molecular complexity index is 268. The molecular weight excluding hydrogens is 220 g/mol. The van der Waals surface area contributed by atoms with Crippen LogP contribution in [0.1, 0.15) is 32.1 Å². The number of nitrogens with two attached hydrogens (primary N) is 1. The molecule has 98 valence electrons. The maximum absolute atomic E-state index is 11.7. The fraction of sp³-hybridized carbons (Fsp3) is 0.917. The molecule has 0 aromatic carbocycles. The highest BCUT2D eigenvalue weighted by atomic mass is 16.5. The highest BCUT2D eigenvalue weighted by molar-refractivity contribution is 5.81. The minimum absolute atomic E-state index is 0.0397. The van der Waals surface area contributed by atoms with E-state index in [0.717, 1.165) is 32.1 Å². The Morgan fingerprint density at radius 3 is 2.71 bits per heavy atom. The van der Waals surface area contributed by atoms with Gasteiger partial charge in [0, 0.05) is 5.92 Å². The molecule has 1 saturated heterocycles. The number of hydrogen-bond donors (Lipinski definition) is 3. The summed E-state index contributed by atoms with van der Waals surface area (Å²) in [5.41, 5.74) is 5.50. The third-order valence-electron chi connectivity index (χ3n) is 3.56. The minimum atomic E-state index is -0.275. The summed E-state index contributed by atoms with van der Waals surface area (Å²) < 4.78 is 5.74. The number of carbonyl (C=O) groups is 1. The van der Waals surface area contributed by atoms with Crippen molar-refractivity contribution in [3.8, 4) is 0 Å². The Balaban J connectivity index is 1.82. The van der Waals surface area contributed by atoms with Crippen LogP contribution >= 0.6 is 0 Å². The molecule has 0 radical (unpaired) electrons. The quantitative estimate of drug-likeness (QED) is 0.622. The van der Waals surface area contributed by atoms with Crippen LogP contribution < -0.4 is 11.1 Å². The normalized spacial score (nSPS) is 33.4. The van der Waals surface area contributed by atoms with Crippen LogP contribution in [-0.2, 0) is 9.53 Å². The first-order valence-electron chi connectivity index (χ1n) is 6.51. The van der Waals surface area contributed by atoms with Gasteiger partial charge < -0.3 is 20.9 Å². The standard InChI is InChI=1S/C12H22N2O3/c13-6-5-9-3-4-10(11(7-15)17-9)14-12(16)8-1-2-8/h8-11,15H,1-7,13H2,(H,14,16)/t9-,10+,11+/m0/s1. The van der Waals surface area contributed by atoms with Crippen molar-refractivity contribution in [1.82, 2.24) is 5.32 Å². The molecule has 1 saturated carbocycles. The van der Waals surface area contributed by atoms with Crippen molar-refractivity contribution in [2.24, 2.45) is 11.7 Å². The lowest BCUT2D eigenvalue weighted by Gasteiger charge is -2.36. The van der Waals surface area contributed by atoms with Gasteiger partial charge in [0.1, 0.15) is 6.10 Å². The summed E-state index contributed by atoms with van der Waals surface area (Å²) in [6, 6.07) is -0.0397. The molecule has 1 aliphatic heterocycles. The molecule has 1 amide bonds. The predicted octanol–water partition coefficient (Wildman–Crippen LogP) is -0.230. The number of aliphatic hydroxyl groups excluding tert-OH is 1. The molecule has 0 aromatic heterocycles. The van der Waals surface area contributed by atoms with Gasteiger partial charge in [-0.1, -0.05) is 0 Å². The molecule has 0 unspecified atom stereocenters. The number of carbonyl (C=O) groups excluding carboxylic acids is 1. The summed E-state index contributed by atoms with van der Waals surface area (Å²) in [4.78, 5) is 11.7. The minimum Gasteiger partial charge on any atom is -0.394 e. The molecule has 1 heterocycles. The number of amides is 1. The summed E-state index contributed by atoms with van der Waals surface area (Å²) in [5, 5.41) is 12.3. The Labute approximate surface area is 102 Å². The first kappa shape index (κ1) is 12.8. The van der Waals surface area contributed by atoms with Crippen molar-refractivity contribution in [2.45, 2.75) is 50.4 Å². The van der Waals surface area contributed by atoms with E-state index in [-0.39, 0.29) is 36.7 Å². The van der Waals surface area contributed by atoms with E-state index in [0.29, 0.717) is 6.54 Å². The molecule has 0 bridgehead atoms. The molecule has 17 heavy (non-hydrogen) atoms. The van der Waals surface area contributed by atoms with Gasteiger partial charge in [-0.15, -0.1) is 0 Å². The molecule has 2 aliphatic rings. The molecule has 3 atom stereocenters. The van der Waals surface area contributed by atoms with Crippen molar-refractivity contribution in [2.75, 3.05) is 13.2 Å². The van der Waals surface area contributed by atoms with Crippen molar-refractivity contribution in [3.63, 3.8) is 0 Å². The average molecular weight is 242 g/mol. The van der Waals surface area contributed by atoms with E-state index in [1.807, 2.05) is 0 Å². The summed E-state index contributed by atoms with van der Waals surface area (Å²) in [7, 11) is 0. The van der Waals surface area contributed by atoms with Crippen LogP contribution in [0.25, 0.3) is 0 Å². The lowest BCUT2D eigenvalue weighted by atomic mass is 9.97. The van der Waals surface area contributed by atoms with E-state index >= 15 is 0 Å². The third-order valence-corrected chi connectivity index (χ3v) is 3.56. The fourth-order valence-electron chi connectivity index (χ4n) is 2.34. The van der Waals surface area contributed by atoms with E-state index in [1.54, 1.807) is 0 Å². The zero-order chi connectivity index (χ0) is 12.3. The van der Waals surface area contributed by atoms with Gasteiger partial charge in [-0.2, -0.15) is 0 Å². The zero-order valence-corrected chi connectivity index (χ0v) is 10.1. The van der Waals surface area contributed by atoms with Crippen LogP contribution in [0.5, 0.6) is 0 Å². The maximum Gasteiger partial charge on any atom is 0.223 e. The molecular formula is C12H22N2O3. The number of hydrogen-bond acceptors (Lipinski definition) is 4. The smallest absolute Gasteiger partial charge is 0.223 e. The van der Waals surface area contributed by atoms with Crippen molar-refractivity contribution >= 4 is 5.91 Å². The molecule has 0 spiro atoms. The summed E-state index contributed by atoms with van der Waals surface area (Å²) in [6.45, 7) is 0.554. The van der Waals surface area contributed by atoms with Gasteiger partial charge in [-0.25, -0.2) is 0 Å². The summed E-state index contributed by atoms with van der Waals surface area (Å²) in [5.74, 6) is 0.324. The highest BCUT2D eigenvalue weighted by Gasteiger charge is 2.35. The second-order valence-corrected chi connectivity index (χ2v) is 5.02.